The summed E-state index contributed by atoms with van der Waals surface area (Å²) < 4.78 is 5.15. The lowest BCUT2D eigenvalue weighted by Crippen LogP contribution is -2.02. The van der Waals surface area contributed by atoms with Crippen LogP contribution in [0.5, 0.6) is 5.75 Å². The molecule has 0 amide bonds. The number of aryl methyl sites for hydroxylation is 1. The number of hydrogen-bond acceptors (Lipinski definition) is 3. The third kappa shape index (κ3) is 3.26. The molecule has 0 aromatic heterocycles. The molecule has 1 N–H and O–H groups in total. The zero-order valence-electron chi connectivity index (χ0n) is 8.96. The highest BCUT2D eigenvalue weighted by Crippen LogP contribution is 2.20. The van der Waals surface area contributed by atoms with Crippen LogP contribution < -0.4 is 10.2 Å². The van der Waals surface area contributed by atoms with Crippen LogP contribution in [0.1, 0.15) is 18.9 Å². The van der Waals surface area contributed by atoms with E-state index < -0.39 is 0 Å². The Morgan fingerprint density at radius 1 is 1.29 bits per heavy atom. The van der Waals surface area contributed by atoms with Crippen molar-refractivity contribution in [1.29, 1.82) is 0 Å². The maximum Gasteiger partial charge on any atom is 0.121 e. The number of rotatable bonds is 5. The Morgan fingerprint density at radius 2 is 2.07 bits per heavy atom. The van der Waals surface area contributed by atoms with Crippen molar-refractivity contribution in [3.05, 3.63) is 23.8 Å². The van der Waals surface area contributed by atoms with Crippen molar-refractivity contribution in [1.82, 2.24) is 0 Å². The Morgan fingerprint density at radius 3 is 2.71 bits per heavy atom. The van der Waals surface area contributed by atoms with Crippen molar-refractivity contribution in [2.75, 3.05) is 19.2 Å². The summed E-state index contributed by atoms with van der Waals surface area (Å²) in [6.45, 7) is 4.79. The van der Waals surface area contributed by atoms with Crippen LogP contribution >= 0.6 is 0 Å². The molecule has 78 valence electrons. The van der Waals surface area contributed by atoms with Gasteiger partial charge in [0, 0.05) is 6.07 Å². The standard InChI is InChI=1S/C11H17NO2/c1-4-5-14-12-10-6-9(2)7-11(8-10)13-3/h6-8,12H,4-5H2,1-3H3. The topological polar surface area (TPSA) is 30.5 Å². The highest BCUT2D eigenvalue weighted by molar-refractivity contribution is 5.49. The van der Waals surface area contributed by atoms with Crippen molar-refractivity contribution < 1.29 is 9.57 Å². The predicted molar refractivity (Wildman–Crippen MR) is 57.6 cm³/mol. The van der Waals surface area contributed by atoms with E-state index in [0.717, 1.165) is 23.4 Å². The van der Waals surface area contributed by atoms with E-state index in [9.17, 15) is 0 Å². The zero-order valence-corrected chi connectivity index (χ0v) is 8.96. The van der Waals surface area contributed by atoms with Gasteiger partial charge in [-0.3, -0.25) is 10.3 Å². The summed E-state index contributed by atoms with van der Waals surface area (Å²) in [5, 5.41) is 0. The van der Waals surface area contributed by atoms with Gasteiger partial charge in [-0.25, -0.2) is 0 Å². The summed E-state index contributed by atoms with van der Waals surface area (Å²) in [6.07, 6.45) is 0.996. The largest absolute Gasteiger partial charge is 0.497 e. The molecule has 0 aliphatic heterocycles. The molecule has 0 atom stereocenters. The summed E-state index contributed by atoms with van der Waals surface area (Å²) >= 11 is 0. The first-order chi connectivity index (χ1) is 6.76. The van der Waals surface area contributed by atoms with Gasteiger partial charge >= 0.3 is 0 Å². The minimum absolute atomic E-state index is 0.705. The van der Waals surface area contributed by atoms with Crippen LogP contribution in [-0.2, 0) is 4.84 Å². The maximum atomic E-state index is 5.22. The molecular formula is C11H17NO2. The van der Waals surface area contributed by atoms with Gasteiger partial charge in [0.25, 0.3) is 0 Å². The molecule has 1 rings (SSSR count). The second-order valence-electron chi connectivity index (χ2n) is 3.19. The van der Waals surface area contributed by atoms with E-state index in [1.54, 1.807) is 7.11 Å². The zero-order chi connectivity index (χ0) is 10.4. The van der Waals surface area contributed by atoms with Crippen LogP contribution in [0.2, 0.25) is 0 Å². The van der Waals surface area contributed by atoms with Gasteiger partial charge in [-0.05, 0) is 31.0 Å². The van der Waals surface area contributed by atoms with Gasteiger partial charge < -0.3 is 4.74 Å². The SMILES string of the molecule is CCCONc1cc(C)cc(OC)c1. The first kappa shape index (κ1) is 10.9. The van der Waals surface area contributed by atoms with E-state index in [2.05, 4.69) is 12.4 Å². The van der Waals surface area contributed by atoms with E-state index in [1.165, 1.54) is 0 Å². The highest BCUT2D eigenvalue weighted by atomic mass is 16.6. The normalized spacial score (nSPS) is 9.93. The Labute approximate surface area is 85.0 Å². The fourth-order valence-corrected chi connectivity index (χ4v) is 1.16. The molecular weight excluding hydrogens is 178 g/mol. The second-order valence-corrected chi connectivity index (χ2v) is 3.19. The lowest BCUT2D eigenvalue weighted by molar-refractivity contribution is 0.194. The molecule has 0 heterocycles. The second kappa shape index (κ2) is 5.50. The summed E-state index contributed by atoms with van der Waals surface area (Å²) in [7, 11) is 1.66. The molecule has 0 spiro atoms. The van der Waals surface area contributed by atoms with Gasteiger partial charge in [-0.15, -0.1) is 0 Å². The molecule has 0 aliphatic carbocycles. The molecule has 0 radical (unpaired) electrons. The van der Waals surface area contributed by atoms with Gasteiger partial charge in [-0.2, -0.15) is 0 Å². The summed E-state index contributed by atoms with van der Waals surface area (Å²) in [6, 6.07) is 5.89. The van der Waals surface area contributed by atoms with Crippen LogP contribution in [0.4, 0.5) is 5.69 Å². The molecule has 0 aliphatic rings. The summed E-state index contributed by atoms with van der Waals surface area (Å²) in [5.41, 5.74) is 4.95. The van der Waals surface area contributed by atoms with Crippen molar-refractivity contribution in [3.63, 3.8) is 0 Å². The molecule has 0 saturated carbocycles. The molecule has 1 aromatic carbocycles. The molecule has 0 fully saturated rings. The van der Waals surface area contributed by atoms with Gasteiger partial charge in [0.1, 0.15) is 5.75 Å². The minimum atomic E-state index is 0.705. The van der Waals surface area contributed by atoms with Gasteiger partial charge in [0.2, 0.25) is 0 Å². The number of ether oxygens (including phenoxy) is 1. The number of nitrogens with one attached hydrogen (secondary N) is 1. The average Bonchev–Trinajstić information content (AvgIpc) is 2.17. The van der Waals surface area contributed by atoms with E-state index in [1.807, 2.05) is 25.1 Å². The molecule has 3 heteroatoms. The first-order valence-electron chi connectivity index (χ1n) is 4.79. The number of anilines is 1. The third-order valence-corrected chi connectivity index (χ3v) is 1.78. The lowest BCUT2D eigenvalue weighted by Gasteiger charge is -2.08. The molecule has 0 unspecified atom stereocenters. The quantitative estimate of drug-likeness (QED) is 0.579. The number of benzene rings is 1. The van der Waals surface area contributed by atoms with E-state index in [0.29, 0.717) is 6.61 Å². The summed E-state index contributed by atoms with van der Waals surface area (Å²) in [5.74, 6) is 0.840. The maximum absolute atomic E-state index is 5.22. The molecule has 0 bridgehead atoms. The monoisotopic (exact) mass is 195 g/mol. The Balaban J connectivity index is 2.62. The van der Waals surface area contributed by atoms with Crippen molar-refractivity contribution in [3.8, 4) is 5.75 Å². The number of hydrogen-bond donors (Lipinski definition) is 1. The minimum Gasteiger partial charge on any atom is -0.497 e. The van der Waals surface area contributed by atoms with Crippen molar-refractivity contribution in [2.45, 2.75) is 20.3 Å². The Bertz CT molecular complexity index is 287. The predicted octanol–water partition coefficient (Wildman–Crippen LogP) is 2.76. The smallest absolute Gasteiger partial charge is 0.121 e. The Kier molecular flexibility index (Phi) is 4.26. The van der Waals surface area contributed by atoms with Crippen molar-refractivity contribution >= 4 is 5.69 Å². The third-order valence-electron chi connectivity index (χ3n) is 1.78. The van der Waals surface area contributed by atoms with E-state index in [4.69, 9.17) is 9.57 Å². The molecule has 14 heavy (non-hydrogen) atoms. The lowest BCUT2D eigenvalue weighted by atomic mass is 10.2. The fraction of sp³-hybridized carbons (Fsp3) is 0.455. The number of methoxy groups -OCH3 is 1. The molecule has 3 nitrogen and oxygen atoms in total. The molecule has 0 saturated heterocycles. The summed E-state index contributed by atoms with van der Waals surface area (Å²) in [4.78, 5) is 5.22. The van der Waals surface area contributed by atoms with Crippen LogP contribution in [-0.4, -0.2) is 13.7 Å². The van der Waals surface area contributed by atoms with E-state index in [-0.39, 0.29) is 0 Å². The Hall–Kier alpha value is -1.22. The van der Waals surface area contributed by atoms with Gasteiger partial charge in [-0.1, -0.05) is 6.92 Å². The van der Waals surface area contributed by atoms with Crippen molar-refractivity contribution in [2.24, 2.45) is 0 Å². The van der Waals surface area contributed by atoms with Crippen LogP contribution in [0, 0.1) is 6.92 Å². The fourth-order valence-electron chi connectivity index (χ4n) is 1.16. The molecule has 1 aromatic rings. The first-order valence-corrected chi connectivity index (χ1v) is 4.79. The average molecular weight is 195 g/mol. The van der Waals surface area contributed by atoms with Crippen LogP contribution in [0.15, 0.2) is 18.2 Å². The van der Waals surface area contributed by atoms with Crippen LogP contribution in [0.3, 0.4) is 0 Å². The van der Waals surface area contributed by atoms with Gasteiger partial charge in [0.05, 0.1) is 19.4 Å². The van der Waals surface area contributed by atoms with Gasteiger partial charge in [0.15, 0.2) is 0 Å². The van der Waals surface area contributed by atoms with Crippen LogP contribution in [0.25, 0.3) is 0 Å². The van der Waals surface area contributed by atoms with E-state index >= 15 is 0 Å². The highest BCUT2D eigenvalue weighted by Gasteiger charge is 1.97.